The fourth-order valence-electron chi connectivity index (χ4n) is 2.58. The predicted octanol–water partition coefficient (Wildman–Crippen LogP) is 1.54. The number of hydrogen-bond donors (Lipinski definition) is 2. The number of rotatable bonds is 7. The molecule has 2 aromatic rings. The molecule has 1 aliphatic rings. The highest BCUT2D eigenvalue weighted by atomic mass is 16.5. The highest BCUT2D eigenvalue weighted by molar-refractivity contribution is 5.42. The SMILES string of the molecule is Cc1cc(NCc2ccncc2)nc(NCCN2CCOCC2)n1. The van der Waals surface area contributed by atoms with Gasteiger partial charge in [-0.05, 0) is 24.6 Å². The molecule has 0 amide bonds. The van der Waals surface area contributed by atoms with Gasteiger partial charge in [0.05, 0.1) is 13.2 Å². The molecule has 0 atom stereocenters. The Kier molecular flexibility index (Phi) is 5.92. The van der Waals surface area contributed by atoms with Crippen LogP contribution < -0.4 is 10.6 Å². The molecule has 0 aromatic carbocycles. The van der Waals surface area contributed by atoms with Crippen LogP contribution in [0.1, 0.15) is 11.3 Å². The topological polar surface area (TPSA) is 75.2 Å². The molecule has 3 rings (SSSR count). The van der Waals surface area contributed by atoms with Gasteiger partial charge in [0.1, 0.15) is 5.82 Å². The van der Waals surface area contributed by atoms with Crippen molar-refractivity contribution in [3.8, 4) is 0 Å². The Morgan fingerprint density at radius 2 is 1.92 bits per heavy atom. The van der Waals surface area contributed by atoms with Crippen LogP contribution in [0.4, 0.5) is 11.8 Å². The number of morpholine rings is 1. The molecule has 7 nitrogen and oxygen atoms in total. The zero-order valence-electron chi connectivity index (χ0n) is 14.0. The summed E-state index contributed by atoms with van der Waals surface area (Å²) in [4.78, 5) is 15.4. The minimum Gasteiger partial charge on any atom is -0.379 e. The second kappa shape index (κ2) is 8.56. The molecule has 0 bridgehead atoms. The van der Waals surface area contributed by atoms with Crippen molar-refractivity contribution in [1.29, 1.82) is 0 Å². The zero-order valence-corrected chi connectivity index (χ0v) is 14.0. The van der Waals surface area contributed by atoms with Crippen LogP contribution in [0.2, 0.25) is 0 Å². The molecule has 0 radical (unpaired) electrons. The molecule has 0 spiro atoms. The quantitative estimate of drug-likeness (QED) is 0.798. The largest absolute Gasteiger partial charge is 0.379 e. The Morgan fingerprint density at radius 3 is 2.71 bits per heavy atom. The van der Waals surface area contributed by atoms with Crippen LogP contribution in [0.3, 0.4) is 0 Å². The molecule has 1 saturated heterocycles. The van der Waals surface area contributed by atoms with Crippen molar-refractivity contribution in [2.24, 2.45) is 0 Å². The second-order valence-electron chi connectivity index (χ2n) is 5.81. The fourth-order valence-corrected chi connectivity index (χ4v) is 2.58. The third-order valence-electron chi connectivity index (χ3n) is 3.89. The molecular weight excluding hydrogens is 304 g/mol. The van der Waals surface area contributed by atoms with Crippen LogP contribution in [0.25, 0.3) is 0 Å². The maximum Gasteiger partial charge on any atom is 0.224 e. The van der Waals surface area contributed by atoms with Gasteiger partial charge >= 0.3 is 0 Å². The van der Waals surface area contributed by atoms with E-state index in [1.54, 1.807) is 12.4 Å². The summed E-state index contributed by atoms with van der Waals surface area (Å²) in [7, 11) is 0. The summed E-state index contributed by atoms with van der Waals surface area (Å²) in [6, 6.07) is 5.93. The molecule has 2 aromatic heterocycles. The van der Waals surface area contributed by atoms with Gasteiger partial charge in [0.2, 0.25) is 5.95 Å². The van der Waals surface area contributed by atoms with Gasteiger partial charge in [-0.2, -0.15) is 4.98 Å². The lowest BCUT2D eigenvalue weighted by Gasteiger charge is -2.26. The summed E-state index contributed by atoms with van der Waals surface area (Å²) >= 11 is 0. The van der Waals surface area contributed by atoms with E-state index in [0.29, 0.717) is 12.5 Å². The summed E-state index contributed by atoms with van der Waals surface area (Å²) in [6.07, 6.45) is 3.59. The lowest BCUT2D eigenvalue weighted by molar-refractivity contribution is 0.0398. The predicted molar refractivity (Wildman–Crippen MR) is 94.1 cm³/mol. The van der Waals surface area contributed by atoms with Gasteiger partial charge in [-0.3, -0.25) is 9.88 Å². The average molecular weight is 328 g/mol. The lowest BCUT2D eigenvalue weighted by Crippen LogP contribution is -2.39. The van der Waals surface area contributed by atoms with Crippen molar-refractivity contribution >= 4 is 11.8 Å². The van der Waals surface area contributed by atoms with Crippen molar-refractivity contribution in [2.45, 2.75) is 13.5 Å². The molecule has 128 valence electrons. The first-order valence-corrected chi connectivity index (χ1v) is 8.32. The van der Waals surface area contributed by atoms with Crippen LogP contribution in [-0.4, -0.2) is 59.2 Å². The maximum atomic E-state index is 5.36. The molecular formula is C17H24N6O. The number of ether oxygens (including phenoxy) is 1. The van der Waals surface area contributed by atoms with Crippen molar-refractivity contribution in [2.75, 3.05) is 50.0 Å². The monoisotopic (exact) mass is 328 g/mol. The van der Waals surface area contributed by atoms with E-state index < -0.39 is 0 Å². The van der Waals surface area contributed by atoms with Gasteiger partial charge in [-0.15, -0.1) is 0 Å². The van der Waals surface area contributed by atoms with E-state index in [9.17, 15) is 0 Å². The van der Waals surface area contributed by atoms with E-state index in [0.717, 1.165) is 50.9 Å². The first-order chi connectivity index (χ1) is 11.8. The maximum absolute atomic E-state index is 5.36. The lowest BCUT2D eigenvalue weighted by atomic mass is 10.3. The highest BCUT2D eigenvalue weighted by Gasteiger charge is 2.09. The molecule has 24 heavy (non-hydrogen) atoms. The van der Waals surface area contributed by atoms with Crippen LogP contribution in [0.5, 0.6) is 0 Å². The van der Waals surface area contributed by atoms with Gasteiger partial charge in [-0.1, -0.05) is 0 Å². The number of pyridine rings is 1. The number of hydrogen-bond acceptors (Lipinski definition) is 7. The normalized spacial score (nSPS) is 15.2. The molecule has 3 heterocycles. The third-order valence-corrected chi connectivity index (χ3v) is 3.89. The number of aryl methyl sites for hydroxylation is 1. The Hall–Kier alpha value is -2.25. The van der Waals surface area contributed by atoms with Gasteiger partial charge in [0.15, 0.2) is 0 Å². The van der Waals surface area contributed by atoms with E-state index >= 15 is 0 Å². The number of anilines is 2. The van der Waals surface area contributed by atoms with Crippen LogP contribution >= 0.6 is 0 Å². The van der Waals surface area contributed by atoms with Gasteiger partial charge in [0.25, 0.3) is 0 Å². The van der Waals surface area contributed by atoms with Crippen molar-refractivity contribution in [3.63, 3.8) is 0 Å². The molecule has 1 aliphatic heterocycles. The minimum atomic E-state index is 0.667. The van der Waals surface area contributed by atoms with Crippen LogP contribution in [0, 0.1) is 6.92 Å². The minimum absolute atomic E-state index is 0.667. The Labute approximate surface area is 142 Å². The Morgan fingerprint density at radius 1 is 1.12 bits per heavy atom. The smallest absolute Gasteiger partial charge is 0.224 e. The summed E-state index contributed by atoms with van der Waals surface area (Å²) < 4.78 is 5.36. The van der Waals surface area contributed by atoms with E-state index in [1.807, 2.05) is 25.1 Å². The molecule has 0 aliphatic carbocycles. The van der Waals surface area contributed by atoms with E-state index in [2.05, 4.69) is 30.5 Å². The summed E-state index contributed by atoms with van der Waals surface area (Å²) in [6.45, 7) is 8.13. The number of aromatic nitrogens is 3. The third kappa shape index (κ3) is 5.14. The molecule has 2 N–H and O–H groups in total. The summed E-state index contributed by atoms with van der Waals surface area (Å²) in [5, 5.41) is 6.65. The Balaban J connectivity index is 1.51. The van der Waals surface area contributed by atoms with E-state index in [4.69, 9.17) is 4.74 Å². The molecule has 0 saturated carbocycles. The Bertz CT molecular complexity index is 630. The highest BCUT2D eigenvalue weighted by Crippen LogP contribution is 2.11. The van der Waals surface area contributed by atoms with Crippen molar-refractivity contribution < 1.29 is 4.74 Å². The average Bonchev–Trinajstić information content (AvgIpc) is 2.61. The van der Waals surface area contributed by atoms with Gasteiger partial charge in [0, 0.05) is 56.9 Å². The number of nitrogens with zero attached hydrogens (tertiary/aromatic N) is 4. The van der Waals surface area contributed by atoms with E-state index in [1.165, 1.54) is 5.56 Å². The van der Waals surface area contributed by atoms with Gasteiger partial charge in [-0.25, -0.2) is 4.98 Å². The second-order valence-corrected chi connectivity index (χ2v) is 5.81. The summed E-state index contributed by atoms with van der Waals surface area (Å²) in [5.41, 5.74) is 2.11. The van der Waals surface area contributed by atoms with E-state index in [-0.39, 0.29) is 0 Å². The van der Waals surface area contributed by atoms with Crippen molar-refractivity contribution in [1.82, 2.24) is 19.9 Å². The first-order valence-electron chi connectivity index (χ1n) is 8.32. The first kappa shape index (κ1) is 16.6. The number of nitrogens with one attached hydrogen (secondary N) is 2. The molecule has 7 heteroatoms. The van der Waals surface area contributed by atoms with Gasteiger partial charge < -0.3 is 15.4 Å². The van der Waals surface area contributed by atoms with Crippen LogP contribution in [0.15, 0.2) is 30.6 Å². The fraction of sp³-hybridized carbons (Fsp3) is 0.471. The zero-order chi connectivity index (χ0) is 16.6. The summed E-state index contributed by atoms with van der Waals surface area (Å²) in [5.74, 6) is 1.49. The molecule has 1 fully saturated rings. The van der Waals surface area contributed by atoms with Crippen LogP contribution in [-0.2, 0) is 11.3 Å². The van der Waals surface area contributed by atoms with Crippen molar-refractivity contribution in [3.05, 3.63) is 41.9 Å². The standard InChI is InChI=1S/C17H24N6O/c1-14-12-16(20-13-15-2-4-18-5-3-15)22-17(21-14)19-6-7-23-8-10-24-11-9-23/h2-5,12H,6-11,13H2,1H3,(H2,19,20,21,22). The molecule has 0 unspecified atom stereocenters.